The minimum atomic E-state index is -0.463. The predicted molar refractivity (Wildman–Crippen MR) is 112 cm³/mol. The Balaban J connectivity index is 1.28. The third-order valence-electron chi connectivity index (χ3n) is 6.44. The van der Waals surface area contributed by atoms with Gasteiger partial charge in [-0.25, -0.2) is 0 Å². The van der Waals surface area contributed by atoms with Gasteiger partial charge in [-0.2, -0.15) is 4.99 Å². The van der Waals surface area contributed by atoms with Crippen molar-refractivity contribution in [3.05, 3.63) is 56.7 Å². The summed E-state index contributed by atoms with van der Waals surface area (Å²) >= 11 is 7.61. The Morgan fingerprint density at radius 3 is 2.75 bits per heavy atom. The number of nitrogens with zero attached hydrogens (tertiary/aromatic N) is 2. The summed E-state index contributed by atoms with van der Waals surface area (Å²) in [4.78, 5) is 20.6. The average molecular weight is 415 g/mol. The Hall–Kier alpha value is -1.69. The standard InChI is InChI=1S/C22H23ClN2O2S/c1-21(12-16-6-7-18(23)28-16)13-19(24-20(21)26)25-10-8-22(9-11-25)17-5-3-2-4-15(17)14-27-22/h2-7H,8-14H2,1H3. The van der Waals surface area contributed by atoms with Crippen molar-refractivity contribution in [1.29, 1.82) is 0 Å². The summed E-state index contributed by atoms with van der Waals surface area (Å²) < 4.78 is 7.03. The van der Waals surface area contributed by atoms with Crippen molar-refractivity contribution in [3.63, 3.8) is 0 Å². The molecular weight excluding hydrogens is 392 g/mol. The van der Waals surface area contributed by atoms with Gasteiger partial charge in [0.05, 0.1) is 22.0 Å². The number of carbonyl (C=O) groups is 1. The van der Waals surface area contributed by atoms with Crippen LogP contribution in [-0.4, -0.2) is 29.7 Å². The molecule has 1 aromatic heterocycles. The van der Waals surface area contributed by atoms with Crippen LogP contribution in [0.4, 0.5) is 0 Å². The smallest absolute Gasteiger partial charge is 0.254 e. The topological polar surface area (TPSA) is 41.9 Å². The Morgan fingerprint density at radius 1 is 1.21 bits per heavy atom. The molecule has 4 nitrogen and oxygen atoms in total. The van der Waals surface area contributed by atoms with Crippen molar-refractivity contribution in [2.45, 2.75) is 44.8 Å². The van der Waals surface area contributed by atoms with Crippen LogP contribution in [0.2, 0.25) is 4.34 Å². The van der Waals surface area contributed by atoms with Crippen LogP contribution in [0, 0.1) is 5.41 Å². The molecular formula is C22H23ClN2O2S. The maximum Gasteiger partial charge on any atom is 0.254 e. The van der Waals surface area contributed by atoms with Crippen LogP contribution < -0.4 is 0 Å². The number of likely N-dealkylation sites (tertiary alicyclic amines) is 1. The van der Waals surface area contributed by atoms with Gasteiger partial charge in [0.1, 0.15) is 5.84 Å². The number of hydrogen-bond acceptors (Lipinski definition) is 4. The Labute approximate surface area is 174 Å². The van der Waals surface area contributed by atoms with Crippen LogP contribution in [0.25, 0.3) is 0 Å². The third kappa shape index (κ3) is 3.00. The second-order valence-corrected chi connectivity index (χ2v) is 10.2. The molecule has 1 unspecified atom stereocenters. The first-order chi connectivity index (χ1) is 13.5. The van der Waals surface area contributed by atoms with E-state index in [0.717, 1.165) is 41.0 Å². The number of carbonyl (C=O) groups excluding carboxylic acids is 1. The number of halogens is 1. The molecule has 0 bridgehead atoms. The van der Waals surface area contributed by atoms with Crippen LogP contribution in [0.5, 0.6) is 0 Å². The highest BCUT2D eigenvalue weighted by Crippen LogP contribution is 2.45. The molecule has 4 heterocycles. The van der Waals surface area contributed by atoms with Gasteiger partial charge in [-0.3, -0.25) is 4.79 Å². The van der Waals surface area contributed by atoms with Crippen molar-refractivity contribution >= 4 is 34.7 Å². The predicted octanol–water partition coefficient (Wildman–Crippen LogP) is 4.80. The zero-order valence-electron chi connectivity index (χ0n) is 15.9. The molecule has 1 saturated heterocycles. The molecule has 1 atom stereocenters. The zero-order chi connectivity index (χ0) is 19.4. The number of amides is 1. The summed E-state index contributed by atoms with van der Waals surface area (Å²) in [6.45, 7) is 4.49. The van der Waals surface area contributed by atoms with E-state index < -0.39 is 5.41 Å². The normalized spacial score (nSPS) is 26.0. The van der Waals surface area contributed by atoms with Gasteiger partial charge in [0.25, 0.3) is 5.91 Å². The Bertz CT molecular complexity index is 961. The largest absolute Gasteiger partial charge is 0.365 e. The summed E-state index contributed by atoms with van der Waals surface area (Å²) in [6.07, 6.45) is 3.28. The van der Waals surface area contributed by atoms with Gasteiger partial charge in [-0.15, -0.1) is 11.3 Å². The monoisotopic (exact) mass is 414 g/mol. The van der Waals surface area contributed by atoms with Crippen molar-refractivity contribution in [3.8, 4) is 0 Å². The van der Waals surface area contributed by atoms with E-state index in [-0.39, 0.29) is 11.5 Å². The number of hydrogen-bond donors (Lipinski definition) is 0. The molecule has 1 amide bonds. The maximum absolute atomic E-state index is 12.7. The molecule has 0 aliphatic carbocycles. The lowest BCUT2D eigenvalue weighted by Gasteiger charge is -2.40. The quantitative estimate of drug-likeness (QED) is 0.708. The molecule has 0 saturated carbocycles. The van der Waals surface area contributed by atoms with E-state index in [1.165, 1.54) is 11.1 Å². The minimum Gasteiger partial charge on any atom is -0.365 e. The van der Waals surface area contributed by atoms with E-state index in [2.05, 4.69) is 34.2 Å². The molecule has 28 heavy (non-hydrogen) atoms. The minimum absolute atomic E-state index is 0.00484. The van der Waals surface area contributed by atoms with Gasteiger partial charge in [-0.1, -0.05) is 35.9 Å². The first kappa shape index (κ1) is 18.3. The number of amidine groups is 1. The van der Waals surface area contributed by atoms with Crippen molar-refractivity contribution < 1.29 is 9.53 Å². The number of rotatable bonds is 2. The third-order valence-corrected chi connectivity index (χ3v) is 7.67. The van der Waals surface area contributed by atoms with Crippen LogP contribution >= 0.6 is 22.9 Å². The van der Waals surface area contributed by atoms with Crippen molar-refractivity contribution in [1.82, 2.24) is 4.90 Å². The Morgan fingerprint density at radius 2 is 2.00 bits per heavy atom. The number of fused-ring (bicyclic) bond motifs is 2. The van der Waals surface area contributed by atoms with E-state index in [4.69, 9.17) is 16.3 Å². The van der Waals surface area contributed by atoms with E-state index in [1.54, 1.807) is 11.3 Å². The molecule has 2 aromatic rings. The zero-order valence-corrected chi connectivity index (χ0v) is 17.5. The van der Waals surface area contributed by atoms with Crippen molar-refractivity contribution in [2.24, 2.45) is 10.4 Å². The van der Waals surface area contributed by atoms with Crippen LogP contribution in [0.1, 0.15) is 42.2 Å². The van der Waals surface area contributed by atoms with Crippen LogP contribution in [0.15, 0.2) is 41.4 Å². The number of ether oxygens (including phenoxy) is 1. The van der Waals surface area contributed by atoms with Gasteiger partial charge in [0.15, 0.2) is 0 Å². The summed E-state index contributed by atoms with van der Waals surface area (Å²) in [5.41, 5.74) is 2.03. The first-order valence-electron chi connectivity index (χ1n) is 9.81. The molecule has 1 fully saturated rings. The molecule has 5 rings (SSSR count). The molecule has 1 spiro atoms. The SMILES string of the molecule is CC1(Cc2ccc(Cl)s2)CC(N2CCC3(CC2)OCc2ccccc23)=NC1=O. The lowest BCUT2D eigenvalue weighted by Crippen LogP contribution is -2.45. The van der Waals surface area contributed by atoms with Gasteiger partial charge < -0.3 is 9.64 Å². The van der Waals surface area contributed by atoms with Crippen LogP contribution in [0.3, 0.4) is 0 Å². The molecule has 3 aliphatic rings. The summed E-state index contributed by atoms with van der Waals surface area (Å²) in [5, 5.41) is 0. The van der Waals surface area contributed by atoms with E-state index in [0.29, 0.717) is 19.4 Å². The number of thiophene rings is 1. The molecule has 0 radical (unpaired) electrons. The lowest BCUT2D eigenvalue weighted by molar-refractivity contribution is -0.125. The molecule has 146 valence electrons. The Kier molecular flexibility index (Phi) is 4.38. The highest BCUT2D eigenvalue weighted by Gasteiger charge is 2.46. The van der Waals surface area contributed by atoms with Crippen molar-refractivity contribution in [2.75, 3.05) is 13.1 Å². The van der Waals surface area contributed by atoms with Gasteiger partial charge in [-0.05, 0) is 49.4 Å². The highest BCUT2D eigenvalue weighted by molar-refractivity contribution is 7.16. The van der Waals surface area contributed by atoms with Gasteiger partial charge in [0, 0.05) is 24.4 Å². The van der Waals surface area contributed by atoms with E-state index >= 15 is 0 Å². The van der Waals surface area contributed by atoms with Crippen LogP contribution in [-0.2, 0) is 28.2 Å². The van der Waals surface area contributed by atoms with E-state index in [1.807, 2.05) is 19.1 Å². The second-order valence-electron chi connectivity index (χ2n) is 8.38. The number of benzene rings is 1. The molecule has 3 aliphatic heterocycles. The fourth-order valence-corrected chi connectivity index (χ4v) is 6.07. The highest BCUT2D eigenvalue weighted by atomic mass is 35.5. The fourth-order valence-electron chi connectivity index (χ4n) is 4.79. The lowest BCUT2D eigenvalue weighted by atomic mass is 9.82. The van der Waals surface area contributed by atoms with Gasteiger partial charge in [0.2, 0.25) is 0 Å². The summed E-state index contributed by atoms with van der Waals surface area (Å²) in [6, 6.07) is 12.5. The number of aliphatic imine (C=N–C) groups is 1. The maximum atomic E-state index is 12.7. The number of piperidine rings is 1. The van der Waals surface area contributed by atoms with E-state index in [9.17, 15) is 4.79 Å². The fraction of sp³-hybridized carbons (Fsp3) is 0.455. The average Bonchev–Trinajstić information content (AvgIpc) is 3.34. The molecule has 6 heteroatoms. The summed E-state index contributed by atoms with van der Waals surface area (Å²) in [7, 11) is 0. The molecule has 0 N–H and O–H groups in total. The molecule has 1 aromatic carbocycles. The second kappa shape index (κ2) is 6.68. The first-order valence-corrected chi connectivity index (χ1v) is 11.0. The summed E-state index contributed by atoms with van der Waals surface area (Å²) in [5.74, 6) is 0.936. The van der Waals surface area contributed by atoms with Gasteiger partial charge >= 0.3 is 0 Å².